The molecule has 0 aliphatic rings. The predicted molar refractivity (Wildman–Crippen MR) is 250 cm³/mol. The molecule has 0 bridgehead atoms. The molecule has 0 saturated carbocycles. The highest BCUT2D eigenvalue weighted by molar-refractivity contribution is 6.24. The van der Waals surface area contributed by atoms with Crippen LogP contribution < -0.4 is 4.90 Å². The molecule has 280 valence electrons. The lowest BCUT2D eigenvalue weighted by Crippen LogP contribution is -2.09. The number of aromatic nitrogens is 4. The minimum atomic E-state index is 0.733. The number of pyridine rings is 2. The first-order chi connectivity index (χ1) is 29.8. The van der Waals surface area contributed by atoms with Crippen molar-refractivity contribution in [2.45, 2.75) is 0 Å². The van der Waals surface area contributed by atoms with E-state index in [2.05, 4.69) is 204 Å². The Hall–Kier alpha value is -8.15. The first-order valence-electron chi connectivity index (χ1n) is 20.3. The number of nitrogens with zero attached hydrogens (tertiary/aromatic N) is 5. The number of hydrogen-bond donors (Lipinski definition) is 0. The molecule has 12 aromatic rings. The molecule has 0 amide bonds. The van der Waals surface area contributed by atoms with Gasteiger partial charge in [0.2, 0.25) is 0 Å². The SMILES string of the molecule is c1ccc(N(c2ccccc2)c2ccc(-c3nc4c5ccccc5c5ccccc5c4n3-c3ncc(-c4c5ccccc5cc5ccccc45)c4cccnc34)cc2)cc1. The lowest BCUT2D eigenvalue weighted by atomic mass is 9.91. The molecule has 0 N–H and O–H groups in total. The highest BCUT2D eigenvalue weighted by Gasteiger charge is 2.24. The molecule has 3 heterocycles. The molecule has 0 unspecified atom stereocenters. The third kappa shape index (κ3) is 5.30. The average molecular weight is 766 g/mol. The zero-order valence-electron chi connectivity index (χ0n) is 32.4. The monoisotopic (exact) mass is 765 g/mol. The molecule has 0 radical (unpaired) electrons. The van der Waals surface area contributed by atoms with E-state index in [1.807, 2.05) is 18.5 Å². The van der Waals surface area contributed by atoms with Crippen molar-refractivity contribution in [3.8, 4) is 28.3 Å². The second-order valence-corrected chi connectivity index (χ2v) is 15.2. The Kier molecular flexibility index (Phi) is 7.78. The smallest absolute Gasteiger partial charge is 0.165 e. The summed E-state index contributed by atoms with van der Waals surface area (Å²) in [6.07, 6.45) is 3.93. The highest BCUT2D eigenvalue weighted by atomic mass is 15.2. The Morgan fingerprint density at radius 1 is 0.400 bits per heavy atom. The topological polar surface area (TPSA) is 46.8 Å². The van der Waals surface area contributed by atoms with Gasteiger partial charge in [-0.2, -0.15) is 0 Å². The van der Waals surface area contributed by atoms with Crippen LogP contribution >= 0.6 is 0 Å². The molecule has 0 saturated heterocycles. The Labute approximate surface area is 346 Å². The molecule has 0 aliphatic carbocycles. The number of hydrogen-bond acceptors (Lipinski definition) is 4. The number of imidazole rings is 1. The van der Waals surface area contributed by atoms with Gasteiger partial charge in [-0.25, -0.2) is 9.97 Å². The van der Waals surface area contributed by atoms with Crippen molar-refractivity contribution in [2.24, 2.45) is 0 Å². The Morgan fingerprint density at radius 2 is 0.917 bits per heavy atom. The summed E-state index contributed by atoms with van der Waals surface area (Å²) in [5.74, 6) is 1.53. The number of para-hydroxylation sites is 2. The lowest BCUT2D eigenvalue weighted by molar-refractivity contribution is 1.04. The van der Waals surface area contributed by atoms with Crippen LogP contribution in [-0.2, 0) is 0 Å². The van der Waals surface area contributed by atoms with Crippen molar-refractivity contribution in [1.82, 2.24) is 19.5 Å². The van der Waals surface area contributed by atoms with Crippen molar-refractivity contribution in [2.75, 3.05) is 4.90 Å². The van der Waals surface area contributed by atoms with Crippen LogP contribution in [0.1, 0.15) is 0 Å². The summed E-state index contributed by atoms with van der Waals surface area (Å²) in [4.78, 5) is 18.5. The van der Waals surface area contributed by atoms with Crippen LogP contribution in [-0.4, -0.2) is 19.5 Å². The molecular weight excluding hydrogens is 731 g/mol. The minimum absolute atomic E-state index is 0.733. The third-order valence-corrected chi connectivity index (χ3v) is 11.8. The Morgan fingerprint density at radius 3 is 1.57 bits per heavy atom. The summed E-state index contributed by atoms with van der Waals surface area (Å²) in [5, 5.41) is 10.3. The normalized spacial score (nSPS) is 11.7. The van der Waals surface area contributed by atoms with Gasteiger partial charge < -0.3 is 4.90 Å². The van der Waals surface area contributed by atoms with Gasteiger partial charge in [0, 0.05) is 56.7 Å². The van der Waals surface area contributed by atoms with Crippen molar-refractivity contribution < 1.29 is 0 Å². The van der Waals surface area contributed by atoms with Gasteiger partial charge in [0.1, 0.15) is 11.3 Å². The number of rotatable bonds is 6. The highest BCUT2D eigenvalue weighted by Crippen LogP contribution is 2.44. The summed E-state index contributed by atoms with van der Waals surface area (Å²) < 4.78 is 2.26. The second-order valence-electron chi connectivity index (χ2n) is 15.2. The van der Waals surface area contributed by atoms with Gasteiger partial charge >= 0.3 is 0 Å². The maximum absolute atomic E-state index is 5.58. The van der Waals surface area contributed by atoms with Gasteiger partial charge in [0.05, 0.1) is 11.0 Å². The van der Waals surface area contributed by atoms with Crippen LogP contribution in [0.2, 0.25) is 0 Å². The molecule has 5 nitrogen and oxygen atoms in total. The van der Waals surface area contributed by atoms with E-state index in [9.17, 15) is 0 Å². The van der Waals surface area contributed by atoms with E-state index in [0.717, 1.165) is 78.1 Å². The molecule has 5 heteroatoms. The van der Waals surface area contributed by atoms with Crippen LogP contribution in [0.15, 0.2) is 213 Å². The van der Waals surface area contributed by atoms with Crippen LogP contribution in [0.3, 0.4) is 0 Å². The lowest BCUT2D eigenvalue weighted by Gasteiger charge is -2.25. The van der Waals surface area contributed by atoms with Crippen LogP contribution in [0.25, 0.3) is 93.4 Å². The molecule has 9 aromatic carbocycles. The van der Waals surface area contributed by atoms with Crippen molar-refractivity contribution in [1.29, 1.82) is 0 Å². The Bertz CT molecular complexity index is 3500. The summed E-state index contributed by atoms with van der Waals surface area (Å²) >= 11 is 0. The number of fused-ring (bicyclic) bond motifs is 9. The predicted octanol–water partition coefficient (Wildman–Crippen LogP) is 14.4. The maximum atomic E-state index is 5.58. The van der Waals surface area contributed by atoms with Crippen molar-refractivity contribution in [3.63, 3.8) is 0 Å². The molecular formula is C55H35N5. The van der Waals surface area contributed by atoms with E-state index in [-0.39, 0.29) is 0 Å². The van der Waals surface area contributed by atoms with Gasteiger partial charge in [0.25, 0.3) is 0 Å². The first-order valence-corrected chi connectivity index (χ1v) is 20.3. The van der Waals surface area contributed by atoms with E-state index in [4.69, 9.17) is 15.0 Å². The third-order valence-electron chi connectivity index (χ3n) is 11.8. The van der Waals surface area contributed by atoms with Crippen LogP contribution in [0, 0.1) is 0 Å². The zero-order chi connectivity index (χ0) is 39.6. The Balaban J connectivity index is 1.14. The second kappa shape index (κ2) is 13.8. The first kappa shape index (κ1) is 33.9. The van der Waals surface area contributed by atoms with Gasteiger partial charge in [-0.3, -0.25) is 9.55 Å². The van der Waals surface area contributed by atoms with E-state index < -0.39 is 0 Å². The molecule has 0 fully saturated rings. The van der Waals surface area contributed by atoms with Gasteiger partial charge in [-0.05, 0) is 98.5 Å². The maximum Gasteiger partial charge on any atom is 0.165 e. The number of benzene rings is 9. The van der Waals surface area contributed by atoms with Crippen molar-refractivity contribution in [3.05, 3.63) is 213 Å². The molecule has 0 spiro atoms. The van der Waals surface area contributed by atoms with E-state index >= 15 is 0 Å². The fraction of sp³-hybridized carbons (Fsp3) is 0. The summed E-state index contributed by atoms with van der Waals surface area (Å²) in [6.45, 7) is 0. The van der Waals surface area contributed by atoms with Crippen LogP contribution in [0.4, 0.5) is 17.1 Å². The van der Waals surface area contributed by atoms with E-state index in [0.29, 0.717) is 0 Å². The molecule has 60 heavy (non-hydrogen) atoms. The fourth-order valence-corrected chi connectivity index (χ4v) is 9.19. The molecule has 3 aromatic heterocycles. The summed E-state index contributed by atoms with van der Waals surface area (Å²) in [5.41, 5.74) is 9.12. The molecule has 0 aliphatic heterocycles. The quantitative estimate of drug-likeness (QED) is 0.125. The minimum Gasteiger partial charge on any atom is -0.311 e. The fourth-order valence-electron chi connectivity index (χ4n) is 9.19. The zero-order valence-corrected chi connectivity index (χ0v) is 32.4. The molecule has 0 atom stereocenters. The molecule has 12 rings (SSSR count). The van der Waals surface area contributed by atoms with E-state index in [1.54, 1.807) is 0 Å². The summed E-state index contributed by atoms with van der Waals surface area (Å²) in [7, 11) is 0. The van der Waals surface area contributed by atoms with Crippen LogP contribution in [0.5, 0.6) is 0 Å². The van der Waals surface area contributed by atoms with Gasteiger partial charge in [0.15, 0.2) is 5.82 Å². The van der Waals surface area contributed by atoms with Crippen molar-refractivity contribution >= 4 is 82.1 Å². The standard InChI is InChI=1S/C55H35N5/c1-3-18-39(19-4-1)59(40-20-5-2-6-21-40)41-31-29-36(30-32-41)54-58-51-46-26-13-11-24-44(46)45-25-12-14-27-48(45)53(51)60(54)55-52-47(28-15-33-56-52)49(35-57-55)50-42-22-9-7-16-37(42)34-38-17-8-10-23-43(38)50/h1-35H. The average Bonchev–Trinajstić information content (AvgIpc) is 3.73. The largest absolute Gasteiger partial charge is 0.311 e. The van der Waals surface area contributed by atoms with Gasteiger partial charge in [-0.1, -0.05) is 140 Å². The van der Waals surface area contributed by atoms with Gasteiger partial charge in [-0.15, -0.1) is 0 Å². The summed E-state index contributed by atoms with van der Waals surface area (Å²) in [6, 6.07) is 70.7. The number of anilines is 3. The van der Waals surface area contributed by atoms with E-state index in [1.165, 1.54) is 32.3 Å².